The third-order valence-electron chi connectivity index (χ3n) is 10.6. The monoisotopic (exact) mass is 400 g/mol. The number of hydrogen-bond donors (Lipinski definition) is 0. The molecule has 3 heterocycles. The number of hydrogen-bond acceptors (Lipinski definition) is 5. The number of allylic oxidation sites excluding steroid dienone is 1. The number of epoxide rings is 1. The zero-order chi connectivity index (χ0) is 18.9. The van der Waals surface area contributed by atoms with Crippen LogP contribution in [0.4, 0.5) is 0 Å². The van der Waals surface area contributed by atoms with E-state index in [0.29, 0.717) is 5.92 Å². The van der Waals surface area contributed by atoms with Gasteiger partial charge in [0.2, 0.25) is 0 Å². The lowest BCUT2D eigenvalue weighted by molar-refractivity contribution is -0.256. The zero-order valence-electron chi connectivity index (χ0n) is 17.2. The van der Waals surface area contributed by atoms with Gasteiger partial charge in [-0.25, -0.2) is 0 Å². The van der Waals surface area contributed by atoms with Gasteiger partial charge in [0.15, 0.2) is 11.6 Å². The minimum absolute atomic E-state index is 0.0498. The second-order valence-corrected chi connectivity index (χ2v) is 11.2. The topological polar surface area (TPSA) is 49.5 Å². The van der Waals surface area contributed by atoms with Crippen molar-refractivity contribution in [2.45, 2.75) is 68.5 Å². The third kappa shape index (κ3) is 1.85. The quantitative estimate of drug-likeness (QED) is 0.461. The average molecular weight is 401 g/mol. The lowest BCUT2D eigenvalue weighted by Gasteiger charge is -2.56. The van der Waals surface area contributed by atoms with Gasteiger partial charge in [-0.15, -0.1) is 0 Å². The summed E-state index contributed by atoms with van der Waals surface area (Å²) in [5.74, 6) is 3.12. The maximum absolute atomic E-state index is 6.47. The molecule has 4 saturated carbocycles. The maximum Gasteiger partial charge on any atom is 0.177 e. The summed E-state index contributed by atoms with van der Waals surface area (Å²) in [4.78, 5) is 0. The van der Waals surface area contributed by atoms with Crippen LogP contribution in [0.5, 0.6) is 0 Å². The van der Waals surface area contributed by atoms with Crippen LogP contribution in [0.3, 0.4) is 0 Å². The molecule has 5 heteroatoms. The first-order valence-electron chi connectivity index (χ1n) is 12.1. The molecular formula is C24H32O5. The molecule has 0 aromatic carbocycles. The predicted octanol–water partition coefficient (Wildman–Crippen LogP) is 3.42. The van der Waals surface area contributed by atoms with Crippen LogP contribution in [0.1, 0.15) is 51.4 Å². The third-order valence-corrected chi connectivity index (χ3v) is 10.6. The Bertz CT molecular complexity index is 774. The molecule has 4 unspecified atom stereocenters. The second-order valence-electron chi connectivity index (χ2n) is 11.2. The van der Waals surface area contributed by atoms with Crippen molar-refractivity contribution in [3.05, 3.63) is 11.6 Å². The Labute approximate surface area is 172 Å². The fourth-order valence-corrected chi connectivity index (χ4v) is 9.89. The molecule has 0 amide bonds. The van der Waals surface area contributed by atoms with Crippen LogP contribution in [0.25, 0.3) is 0 Å². The van der Waals surface area contributed by atoms with Crippen molar-refractivity contribution in [3.8, 4) is 0 Å². The van der Waals surface area contributed by atoms with Crippen molar-refractivity contribution < 1.29 is 23.7 Å². The number of ether oxygens (including phenoxy) is 5. The SMILES string of the molecule is C1=C2CC3(CCC2C2C(C1)C1CCC4(OCCO4)[C@@]14C[C@@H]2C[C@]41CO1)OCCO3. The minimum Gasteiger partial charge on any atom is -0.369 e. The number of rotatable bonds is 0. The first kappa shape index (κ1) is 17.1. The van der Waals surface area contributed by atoms with E-state index in [1.165, 1.54) is 32.1 Å². The molecule has 0 radical (unpaired) electrons. The van der Waals surface area contributed by atoms with Gasteiger partial charge in [-0.3, -0.25) is 0 Å². The fourth-order valence-electron chi connectivity index (χ4n) is 9.89. The van der Waals surface area contributed by atoms with Crippen LogP contribution in [-0.4, -0.2) is 50.2 Å². The molecule has 3 aliphatic heterocycles. The van der Waals surface area contributed by atoms with Crippen LogP contribution >= 0.6 is 0 Å². The average Bonchev–Trinajstić information content (AvgIpc) is 3.10. The molecule has 4 spiro atoms. The molecule has 8 aliphatic rings. The normalized spacial score (nSPS) is 55.2. The highest BCUT2D eigenvalue weighted by molar-refractivity contribution is 5.32. The summed E-state index contributed by atoms with van der Waals surface area (Å²) in [6, 6.07) is 0. The lowest BCUT2D eigenvalue weighted by Crippen LogP contribution is -2.58. The largest absolute Gasteiger partial charge is 0.369 e. The molecule has 3 saturated heterocycles. The fraction of sp³-hybridized carbons (Fsp3) is 0.917. The highest BCUT2D eigenvalue weighted by Gasteiger charge is 2.83. The van der Waals surface area contributed by atoms with Crippen molar-refractivity contribution in [2.24, 2.45) is 35.0 Å². The van der Waals surface area contributed by atoms with Gasteiger partial charge in [0.05, 0.1) is 38.4 Å². The van der Waals surface area contributed by atoms with Crippen LogP contribution in [0.2, 0.25) is 0 Å². The molecule has 7 fully saturated rings. The summed E-state index contributed by atoms with van der Waals surface area (Å²) in [5, 5.41) is 0. The van der Waals surface area contributed by atoms with Gasteiger partial charge in [0.1, 0.15) is 5.60 Å². The highest BCUT2D eigenvalue weighted by atomic mass is 16.7. The summed E-state index contributed by atoms with van der Waals surface area (Å²) in [7, 11) is 0. The van der Waals surface area contributed by atoms with E-state index < -0.39 is 0 Å². The Kier molecular flexibility index (Phi) is 3.13. The van der Waals surface area contributed by atoms with Gasteiger partial charge < -0.3 is 23.7 Å². The molecule has 8 rings (SSSR count). The molecule has 5 aliphatic carbocycles. The van der Waals surface area contributed by atoms with Crippen molar-refractivity contribution in [1.29, 1.82) is 0 Å². The van der Waals surface area contributed by atoms with E-state index in [9.17, 15) is 0 Å². The Hall–Kier alpha value is -0.460. The minimum atomic E-state index is -0.347. The van der Waals surface area contributed by atoms with Crippen LogP contribution in [-0.2, 0) is 23.7 Å². The Balaban J connectivity index is 1.20. The summed E-state index contributed by atoms with van der Waals surface area (Å²) >= 11 is 0. The molecule has 7 atom stereocenters. The summed E-state index contributed by atoms with van der Waals surface area (Å²) in [5.41, 5.74) is 1.81. The Morgan fingerprint density at radius 1 is 0.862 bits per heavy atom. The summed E-state index contributed by atoms with van der Waals surface area (Å²) in [6.45, 7) is 3.98. The molecule has 29 heavy (non-hydrogen) atoms. The van der Waals surface area contributed by atoms with E-state index in [0.717, 1.165) is 76.0 Å². The Morgan fingerprint density at radius 2 is 1.66 bits per heavy atom. The van der Waals surface area contributed by atoms with Gasteiger partial charge in [0, 0.05) is 19.3 Å². The molecule has 0 N–H and O–H groups in total. The van der Waals surface area contributed by atoms with Gasteiger partial charge in [-0.1, -0.05) is 11.6 Å². The van der Waals surface area contributed by atoms with Gasteiger partial charge in [-0.2, -0.15) is 0 Å². The number of fused-ring (bicyclic) bond motifs is 6. The van der Waals surface area contributed by atoms with Gasteiger partial charge in [0.25, 0.3) is 0 Å². The van der Waals surface area contributed by atoms with Crippen molar-refractivity contribution >= 4 is 0 Å². The van der Waals surface area contributed by atoms with Gasteiger partial charge >= 0.3 is 0 Å². The summed E-state index contributed by atoms with van der Waals surface area (Å²) in [6.07, 6.45) is 12.0. The standard InChI is InChI=1S/C24H32O5/c1-2-18-19-4-6-24(27-9-10-28-24)23(19)13-16(11-21(23)14-29-21)20(18)17-3-5-22(12-15(1)17)25-7-8-26-22/h1,16-20H,2-14H2/t16-,17?,18?,19?,20?,21-,23-/m0/s1. The van der Waals surface area contributed by atoms with Gasteiger partial charge in [-0.05, 0) is 61.7 Å². The van der Waals surface area contributed by atoms with Crippen LogP contribution < -0.4 is 0 Å². The lowest BCUT2D eigenvalue weighted by atomic mass is 9.50. The van der Waals surface area contributed by atoms with Crippen molar-refractivity contribution in [1.82, 2.24) is 0 Å². The van der Waals surface area contributed by atoms with E-state index in [-0.39, 0.29) is 22.6 Å². The molecule has 5 nitrogen and oxygen atoms in total. The first-order chi connectivity index (χ1) is 14.2. The molecule has 0 aromatic rings. The van der Waals surface area contributed by atoms with Crippen molar-refractivity contribution in [3.63, 3.8) is 0 Å². The first-order valence-corrected chi connectivity index (χ1v) is 12.1. The smallest absolute Gasteiger partial charge is 0.177 e. The van der Waals surface area contributed by atoms with E-state index in [2.05, 4.69) is 6.08 Å². The van der Waals surface area contributed by atoms with E-state index >= 15 is 0 Å². The van der Waals surface area contributed by atoms with Crippen molar-refractivity contribution in [2.75, 3.05) is 33.0 Å². The van der Waals surface area contributed by atoms with E-state index in [4.69, 9.17) is 23.7 Å². The Morgan fingerprint density at radius 3 is 2.45 bits per heavy atom. The van der Waals surface area contributed by atoms with Crippen LogP contribution in [0, 0.1) is 35.0 Å². The van der Waals surface area contributed by atoms with E-state index in [1.54, 1.807) is 5.57 Å². The molecule has 158 valence electrons. The highest BCUT2D eigenvalue weighted by Crippen LogP contribution is 2.79. The predicted molar refractivity (Wildman–Crippen MR) is 103 cm³/mol. The summed E-state index contributed by atoms with van der Waals surface area (Å²) < 4.78 is 31.5. The molecule has 0 aromatic heterocycles. The van der Waals surface area contributed by atoms with E-state index in [1.807, 2.05) is 0 Å². The van der Waals surface area contributed by atoms with Crippen LogP contribution in [0.15, 0.2) is 11.6 Å². The maximum atomic E-state index is 6.47. The molecular weight excluding hydrogens is 368 g/mol. The molecule has 2 bridgehead atoms. The zero-order valence-corrected chi connectivity index (χ0v) is 17.2. The second kappa shape index (κ2) is 5.29.